The molecule has 2 aromatic heterocycles. The number of carbonyl (C=O) groups is 1. The van der Waals surface area contributed by atoms with Crippen molar-refractivity contribution in [3.05, 3.63) is 34.2 Å². The van der Waals surface area contributed by atoms with Crippen LogP contribution in [-0.2, 0) is 24.2 Å². The summed E-state index contributed by atoms with van der Waals surface area (Å²) in [6.45, 7) is 2.66. The van der Waals surface area contributed by atoms with Crippen LogP contribution in [0.2, 0.25) is 0 Å². The molecule has 1 N–H and O–H groups in total. The molecule has 8 nitrogen and oxygen atoms in total. The van der Waals surface area contributed by atoms with Crippen molar-refractivity contribution in [1.29, 1.82) is 5.26 Å². The fourth-order valence-electron chi connectivity index (χ4n) is 3.93. The number of aryl methyl sites for hydroxylation is 1. The van der Waals surface area contributed by atoms with Gasteiger partial charge in [-0.2, -0.15) is 5.26 Å². The van der Waals surface area contributed by atoms with E-state index in [9.17, 15) is 10.1 Å². The van der Waals surface area contributed by atoms with Gasteiger partial charge in [0.1, 0.15) is 11.1 Å². The number of carbonyl (C=O) groups excluding carboxylic acids is 1. The highest BCUT2D eigenvalue weighted by molar-refractivity contribution is 7.99. The molecule has 0 spiro atoms. The molecule has 2 heterocycles. The minimum absolute atomic E-state index is 0.159. The second kappa shape index (κ2) is 10.3. The van der Waals surface area contributed by atoms with Gasteiger partial charge in [0.25, 0.3) is 0 Å². The fourth-order valence-corrected chi connectivity index (χ4v) is 5.99. The molecule has 1 amide bonds. The number of hydrogen-bond acceptors (Lipinski definition) is 8. The zero-order valence-corrected chi connectivity index (χ0v) is 20.4. The summed E-state index contributed by atoms with van der Waals surface area (Å²) in [5.74, 6) is 1.97. The van der Waals surface area contributed by atoms with Gasteiger partial charge in [-0.25, -0.2) is 0 Å². The largest absolute Gasteiger partial charge is 0.493 e. The van der Waals surface area contributed by atoms with E-state index in [2.05, 4.69) is 21.6 Å². The van der Waals surface area contributed by atoms with Crippen molar-refractivity contribution >= 4 is 34.0 Å². The van der Waals surface area contributed by atoms with Crippen molar-refractivity contribution in [2.45, 2.75) is 44.3 Å². The van der Waals surface area contributed by atoms with E-state index >= 15 is 0 Å². The van der Waals surface area contributed by atoms with Crippen molar-refractivity contribution in [1.82, 2.24) is 14.8 Å². The molecule has 0 saturated carbocycles. The molecule has 0 atom stereocenters. The first kappa shape index (κ1) is 23.1. The molecule has 0 radical (unpaired) electrons. The molecular weight excluding hydrogens is 458 g/mol. The Labute approximate surface area is 200 Å². The Bertz CT molecular complexity index is 1210. The number of benzene rings is 1. The normalized spacial score (nSPS) is 12.7. The van der Waals surface area contributed by atoms with E-state index in [0.29, 0.717) is 39.6 Å². The summed E-state index contributed by atoms with van der Waals surface area (Å²) in [6, 6.07) is 7.88. The zero-order chi connectivity index (χ0) is 23.4. The Balaban J connectivity index is 1.48. The van der Waals surface area contributed by atoms with Crippen LogP contribution >= 0.6 is 23.1 Å². The minimum Gasteiger partial charge on any atom is -0.493 e. The van der Waals surface area contributed by atoms with E-state index in [4.69, 9.17) is 9.47 Å². The highest BCUT2D eigenvalue weighted by Crippen LogP contribution is 2.38. The summed E-state index contributed by atoms with van der Waals surface area (Å²) in [7, 11) is 3.19. The maximum atomic E-state index is 12.7. The SMILES string of the molecule is CCn1c(SCC(=O)Nc2sc3c(c2C#N)CCCC3)nnc1-c1ccc(OC)c(OC)c1. The molecule has 3 aromatic rings. The zero-order valence-electron chi connectivity index (χ0n) is 18.8. The topological polar surface area (TPSA) is 102 Å². The standard InChI is InChI=1S/C23H25N5O3S2/c1-4-28-21(14-9-10-17(30-2)18(11-14)31-3)26-27-23(28)32-13-20(29)25-22-16(12-24)15-7-5-6-8-19(15)33-22/h9-11H,4-8,13H2,1-3H3,(H,25,29). The number of aromatic nitrogens is 3. The van der Waals surface area contributed by atoms with Crippen LogP contribution in [-0.4, -0.2) is 40.6 Å². The highest BCUT2D eigenvalue weighted by Gasteiger charge is 2.22. The van der Waals surface area contributed by atoms with E-state index in [0.717, 1.165) is 36.8 Å². The number of nitrogens with zero attached hydrogens (tertiary/aromatic N) is 4. The Kier molecular flexibility index (Phi) is 7.20. The average molecular weight is 484 g/mol. The van der Waals surface area contributed by atoms with Gasteiger partial charge in [-0.15, -0.1) is 21.5 Å². The summed E-state index contributed by atoms with van der Waals surface area (Å²) in [4.78, 5) is 13.9. The lowest BCUT2D eigenvalue weighted by Gasteiger charge is -2.11. The van der Waals surface area contributed by atoms with Crippen LogP contribution in [0.1, 0.15) is 35.8 Å². The minimum atomic E-state index is -0.159. The molecule has 1 aromatic carbocycles. The predicted molar refractivity (Wildman–Crippen MR) is 129 cm³/mol. The molecule has 1 aliphatic rings. The molecule has 0 bridgehead atoms. The van der Waals surface area contributed by atoms with Crippen LogP contribution < -0.4 is 14.8 Å². The van der Waals surface area contributed by atoms with Gasteiger partial charge >= 0.3 is 0 Å². The van der Waals surface area contributed by atoms with Gasteiger partial charge < -0.3 is 19.4 Å². The average Bonchev–Trinajstić information content (AvgIpc) is 3.42. The number of nitrogens with one attached hydrogen (secondary N) is 1. The number of anilines is 1. The summed E-state index contributed by atoms with van der Waals surface area (Å²) in [5, 5.41) is 22.5. The van der Waals surface area contributed by atoms with Gasteiger partial charge in [0, 0.05) is 17.0 Å². The van der Waals surface area contributed by atoms with Gasteiger partial charge in [-0.1, -0.05) is 11.8 Å². The molecule has 0 aliphatic heterocycles. The van der Waals surface area contributed by atoms with Crippen LogP contribution in [0.3, 0.4) is 0 Å². The number of nitriles is 1. The summed E-state index contributed by atoms with van der Waals surface area (Å²) in [5.41, 5.74) is 2.59. The van der Waals surface area contributed by atoms with Crippen LogP contribution in [0.15, 0.2) is 23.4 Å². The Morgan fingerprint density at radius 1 is 1.24 bits per heavy atom. The Morgan fingerprint density at radius 2 is 2.03 bits per heavy atom. The van der Waals surface area contributed by atoms with E-state index in [1.54, 1.807) is 14.2 Å². The molecule has 0 saturated heterocycles. The van der Waals surface area contributed by atoms with Gasteiger partial charge in [-0.3, -0.25) is 4.79 Å². The number of hydrogen-bond donors (Lipinski definition) is 1. The third-order valence-electron chi connectivity index (χ3n) is 5.54. The van der Waals surface area contributed by atoms with Crippen LogP contribution in [0, 0.1) is 11.3 Å². The van der Waals surface area contributed by atoms with Crippen molar-refractivity contribution in [3.63, 3.8) is 0 Å². The second-order valence-corrected chi connectivity index (χ2v) is 9.53. The van der Waals surface area contributed by atoms with E-state index in [1.807, 2.05) is 29.7 Å². The molecule has 4 rings (SSSR count). The summed E-state index contributed by atoms with van der Waals surface area (Å²) in [6.07, 6.45) is 4.13. The van der Waals surface area contributed by atoms with Gasteiger partial charge in [0.05, 0.1) is 25.5 Å². The third-order valence-corrected chi connectivity index (χ3v) is 7.72. The third kappa shape index (κ3) is 4.70. The molecule has 1 aliphatic carbocycles. The van der Waals surface area contributed by atoms with E-state index < -0.39 is 0 Å². The number of ether oxygens (including phenoxy) is 2. The Hall–Kier alpha value is -3.03. The number of methoxy groups -OCH3 is 2. The summed E-state index contributed by atoms with van der Waals surface area (Å²) < 4.78 is 12.7. The highest BCUT2D eigenvalue weighted by atomic mass is 32.2. The number of rotatable bonds is 8. The first-order valence-corrected chi connectivity index (χ1v) is 12.5. The smallest absolute Gasteiger partial charge is 0.235 e. The molecule has 0 fully saturated rings. The quantitative estimate of drug-likeness (QED) is 0.470. The van der Waals surface area contributed by atoms with Crippen LogP contribution in [0.4, 0.5) is 5.00 Å². The summed E-state index contributed by atoms with van der Waals surface area (Å²) >= 11 is 2.86. The first-order valence-electron chi connectivity index (χ1n) is 10.7. The maximum Gasteiger partial charge on any atom is 0.235 e. The lowest BCUT2D eigenvalue weighted by molar-refractivity contribution is -0.113. The number of amides is 1. The van der Waals surface area contributed by atoms with Crippen molar-refractivity contribution < 1.29 is 14.3 Å². The van der Waals surface area contributed by atoms with Crippen molar-refractivity contribution in [2.24, 2.45) is 0 Å². The maximum absolute atomic E-state index is 12.7. The van der Waals surface area contributed by atoms with Gasteiger partial charge in [0.15, 0.2) is 22.5 Å². The molecule has 0 unspecified atom stereocenters. The Morgan fingerprint density at radius 3 is 2.76 bits per heavy atom. The monoisotopic (exact) mass is 483 g/mol. The lowest BCUT2D eigenvalue weighted by atomic mass is 9.96. The number of thiophene rings is 1. The number of thioether (sulfide) groups is 1. The molecule has 172 valence electrons. The lowest BCUT2D eigenvalue weighted by Crippen LogP contribution is -2.14. The van der Waals surface area contributed by atoms with Crippen molar-refractivity contribution in [2.75, 3.05) is 25.3 Å². The first-order chi connectivity index (χ1) is 16.1. The van der Waals surface area contributed by atoms with Crippen LogP contribution in [0.5, 0.6) is 11.5 Å². The predicted octanol–water partition coefficient (Wildman–Crippen LogP) is 4.52. The van der Waals surface area contributed by atoms with E-state index in [-0.39, 0.29) is 11.7 Å². The van der Waals surface area contributed by atoms with E-state index in [1.165, 1.54) is 28.0 Å². The van der Waals surface area contributed by atoms with Gasteiger partial charge in [0.2, 0.25) is 5.91 Å². The van der Waals surface area contributed by atoms with Crippen LogP contribution in [0.25, 0.3) is 11.4 Å². The van der Waals surface area contributed by atoms with Gasteiger partial charge in [-0.05, 0) is 56.4 Å². The van der Waals surface area contributed by atoms with Crippen molar-refractivity contribution in [3.8, 4) is 29.0 Å². The second-order valence-electron chi connectivity index (χ2n) is 7.48. The molecule has 33 heavy (non-hydrogen) atoms. The fraction of sp³-hybridized carbons (Fsp3) is 0.391. The molecular formula is C23H25N5O3S2. The molecule has 10 heteroatoms. The number of fused-ring (bicyclic) bond motifs is 1.